The van der Waals surface area contributed by atoms with Gasteiger partial charge in [0.2, 0.25) is 5.91 Å². The van der Waals surface area contributed by atoms with E-state index in [0.717, 1.165) is 24.7 Å². The van der Waals surface area contributed by atoms with Crippen LogP contribution in [0.15, 0.2) is 18.2 Å². The van der Waals surface area contributed by atoms with Gasteiger partial charge < -0.3 is 11.1 Å². The van der Waals surface area contributed by atoms with Crippen LogP contribution >= 0.6 is 0 Å². The minimum absolute atomic E-state index is 0.0508. The van der Waals surface area contributed by atoms with Gasteiger partial charge in [0, 0.05) is 11.5 Å². The first-order valence-electron chi connectivity index (χ1n) is 6.96. The number of carbonyl (C=O) groups is 1. The van der Waals surface area contributed by atoms with Crippen LogP contribution in [-0.2, 0) is 4.79 Å². The number of nitrogens with one attached hydrogen (secondary N) is 1. The van der Waals surface area contributed by atoms with Crippen molar-refractivity contribution in [2.45, 2.75) is 19.3 Å². The van der Waals surface area contributed by atoms with E-state index < -0.39 is 5.82 Å². The smallest absolute Gasteiger partial charge is 0.227 e. The van der Waals surface area contributed by atoms with Gasteiger partial charge in [-0.3, -0.25) is 4.79 Å². The van der Waals surface area contributed by atoms with Gasteiger partial charge in [-0.05, 0) is 49.3 Å². The summed E-state index contributed by atoms with van der Waals surface area (Å²) >= 11 is 0. The predicted octanol–water partition coefficient (Wildman–Crippen LogP) is 2.12. The monoisotopic (exact) mass is 272 g/mol. The lowest BCUT2D eigenvalue weighted by Gasteiger charge is -2.12. The number of amides is 1. The standard InChI is InChI=1S/C16H17FN2O/c17-14-6-10(2-1-5-18)3-4-15(14)19-16(20)13-8-11-7-12(11)9-13/h3-4,6,11-13H,5,7-9,18H2,(H,19,20). The van der Waals surface area contributed by atoms with Crippen molar-refractivity contribution in [3.05, 3.63) is 29.6 Å². The predicted molar refractivity (Wildman–Crippen MR) is 75.3 cm³/mol. The third kappa shape index (κ3) is 2.68. The fourth-order valence-electron chi connectivity index (χ4n) is 3.01. The van der Waals surface area contributed by atoms with E-state index >= 15 is 0 Å². The second-order valence-electron chi connectivity index (χ2n) is 5.61. The fourth-order valence-corrected chi connectivity index (χ4v) is 3.01. The molecule has 4 heteroatoms. The highest BCUT2D eigenvalue weighted by atomic mass is 19.1. The van der Waals surface area contributed by atoms with Crippen molar-refractivity contribution in [3.63, 3.8) is 0 Å². The molecule has 2 fully saturated rings. The first-order chi connectivity index (χ1) is 9.67. The molecule has 2 saturated carbocycles. The summed E-state index contributed by atoms with van der Waals surface area (Å²) in [7, 11) is 0. The van der Waals surface area contributed by atoms with Crippen molar-refractivity contribution < 1.29 is 9.18 Å². The molecule has 1 aromatic carbocycles. The third-order valence-corrected chi connectivity index (χ3v) is 4.18. The highest BCUT2D eigenvalue weighted by molar-refractivity contribution is 5.93. The first kappa shape index (κ1) is 13.1. The van der Waals surface area contributed by atoms with E-state index in [1.807, 2.05) is 0 Å². The number of fused-ring (bicyclic) bond motifs is 1. The molecular weight excluding hydrogens is 255 g/mol. The Labute approximate surface area is 117 Å². The highest BCUT2D eigenvalue weighted by Crippen LogP contribution is 2.54. The first-order valence-corrected chi connectivity index (χ1v) is 6.96. The molecule has 2 aliphatic carbocycles. The lowest BCUT2D eigenvalue weighted by molar-refractivity contribution is -0.120. The molecule has 3 rings (SSSR count). The minimum atomic E-state index is -0.453. The van der Waals surface area contributed by atoms with Gasteiger partial charge in [0.15, 0.2) is 0 Å². The van der Waals surface area contributed by atoms with Crippen molar-refractivity contribution in [2.24, 2.45) is 23.5 Å². The minimum Gasteiger partial charge on any atom is -0.323 e. The van der Waals surface area contributed by atoms with Crippen LogP contribution in [-0.4, -0.2) is 12.5 Å². The molecule has 104 valence electrons. The highest BCUT2D eigenvalue weighted by Gasteiger charge is 2.48. The van der Waals surface area contributed by atoms with E-state index in [0.29, 0.717) is 5.56 Å². The molecule has 3 N–H and O–H groups in total. The summed E-state index contributed by atoms with van der Waals surface area (Å²) in [6.45, 7) is 0.240. The van der Waals surface area contributed by atoms with Crippen molar-refractivity contribution in [3.8, 4) is 11.8 Å². The van der Waals surface area contributed by atoms with E-state index in [9.17, 15) is 9.18 Å². The van der Waals surface area contributed by atoms with Gasteiger partial charge in [0.1, 0.15) is 5.82 Å². The molecule has 1 amide bonds. The van der Waals surface area contributed by atoms with Crippen LogP contribution in [0.1, 0.15) is 24.8 Å². The number of halogens is 1. The molecule has 2 atom stereocenters. The number of hydrogen-bond donors (Lipinski definition) is 2. The Hall–Kier alpha value is -1.86. The van der Waals surface area contributed by atoms with Gasteiger partial charge in [0.05, 0.1) is 12.2 Å². The summed E-state index contributed by atoms with van der Waals surface area (Å²) < 4.78 is 13.9. The van der Waals surface area contributed by atoms with E-state index in [4.69, 9.17) is 5.73 Å². The van der Waals surface area contributed by atoms with Gasteiger partial charge in [-0.2, -0.15) is 0 Å². The molecule has 20 heavy (non-hydrogen) atoms. The molecule has 0 bridgehead atoms. The average molecular weight is 272 g/mol. The van der Waals surface area contributed by atoms with E-state index in [1.54, 1.807) is 12.1 Å². The third-order valence-electron chi connectivity index (χ3n) is 4.18. The average Bonchev–Trinajstić information content (AvgIpc) is 3.05. The molecule has 0 aromatic heterocycles. The Bertz CT molecular complexity index is 592. The summed E-state index contributed by atoms with van der Waals surface area (Å²) in [4.78, 5) is 12.1. The molecule has 0 spiro atoms. The van der Waals surface area contributed by atoms with Gasteiger partial charge in [-0.15, -0.1) is 0 Å². The van der Waals surface area contributed by atoms with Crippen molar-refractivity contribution >= 4 is 11.6 Å². The normalized spacial score (nSPS) is 26.4. The molecule has 0 saturated heterocycles. The molecule has 2 aliphatic rings. The summed E-state index contributed by atoms with van der Waals surface area (Å²) in [5.41, 5.74) is 6.06. The summed E-state index contributed by atoms with van der Waals surface area (Å²) in [6.07, 6.45) is 3.18. The van der Waals surface area contributed by atoms with Gasteiger partial charge >= 0.3 is 0 Å². The molecule has 3 nitrogen and oxygen atoms in total. The number of nitrogens with two attached hydrogens (primary N) is 1. The van der Waals surface area contributed by atoms with Crippen LogP contribution in [0.3, 0.4) is 0 Å². The van der Waals surface area contributed by atoms with E-state index in [-0.39, 0.29) is 24.1 Å². The van der Waals surface area contributed by atoms with Crippen LogP contribution in [0.5, 0.6) is 0 Å². The van der Waals surface area contributed by atoms with Crippen molar-refractivity contribution in [1.29, 1.82) is 0 Å². The maximum atomic E-state index is 13.9. The number of carbonyl (C=O) groups excluding carboxylic acids is 1. The zero-order valence-electron chi connectivity index (χ0n) is 11.2. The number of rotatable bonds is 2. The Morgan fingerprint density at radius 1 is 1.35 bits per heavy atom. The second kappa shape index (κ2) is 5.26. The molecular formula is C16H17FN2O. The summed E-state index contributed by atoms with van der Waals surface area (Å²) in [5, 5.41) is 2.69. The number of hydrogen-bond acceptors (Lipinski definition) is 2. The summed E-state index contributed by atoms with van der Waals surface area (Å²) in [6, 6.07) is 4.57. The molecule has 2 unspecified atom stereocenters. The van der Waals surface area contributed by atoms with E-state index in [2.05, 4.69) is 17.2 Å². The van der Waals surface area contributed by atoms with Crippen LogP contribution in [0.2, 0.25) is 0 Å². The lowest BCUT2D eigenvalue weighted by atomic mass is 10.0. The Balaban J connectivity index is 1.66. The second-order valence-corrected chi connectivity index (χ2v) is 5.61. The Morgan fingerprint density at radius 2 is 2.10 bits per heavy atom. The van der Waals surface area contributed by atoms with Gasteiger partial charge in [0.25, 0.3) is 0 Å². The molecule has 0 aliphatic heterocycles. The van der Waals surface area contributed by atoms with Crippen LogP contribution in [0, 0.1) is 35.4 Å². The molecule has 0 radical (unpaired) electrons. The van der Waals surface area contributed by atoms with Crippen molar-refractivity contribution in [1.82, 2.24) is 0 Å². The zero-order chi connectivity index (χ0) is 14.1. The van der Waals surface area contributed by atoms with Gasteiger partial charge in [-0.25, -0.2) is 4.39 Å². The Morgan fingerprint density at radius 3 is 2.75 bits per heavy atom. The van der Waals surface area contributed by atoms with E-state index in [1.165, 1.54) is 12.5 Å². The largest absolute Gasteiger partial charge is 0.323 e. The quantitative estimate of drug-likeness (QED) is 0.810. The molecule has 1 aromatic rings. The van der Waals surface area contributed by atoms with Crippen LogP contribution < -0.4 is 11.1 Å². The van der Waals surface area contributed by atoms with Crippen LogP contribution in [0.25, 0.3) is 0 Å². The zero-order valence-corrected chi connectivity index (χ0v) is 11.2. The van der Waals surface area contributed by atoms with Gasteiger partial charge in [-0.1, -0.05) is 11.8 Å². The fraction of sp³-hybridized carbons (Fsp3) is 0.438. The molecule has 0 heterocycles. The summed E-state index contributed by atoms with van der Waals surface area (Å²) in [5.74, 6) is 6.45. The van der Waals surface area contributed by atoms with Crippen LogP contribution in [0.4, 0.5) is 10.1 Å². The Kier molecular flexibility index (Phi) is 3.45. The van der Waals surface area contributed by atoms with Crippen molar-refractivity contribution in [2.75, 3.05) is 11.9 Å². The number of benzene rings is 1. The lowest BCUT2D eigenvalue weighted by Crippen LogP contribution is -2.22. The SMILES string of the molecule is NCC#Cc1ccc(NC(=O)C2CC3CC3C2)c(F)c1. The topological polar surface area (TPSA) is 55.1 Å². The maximum absolute atomic E-state index is 13.9. The number of anilines is 1. The maximum Gasteiger partial charge on any atom is 0.227 e.